The van der Waals surface area contributed by atoms with Gasteiger partial charge in [0.15, 0.2) is 17.3 Å². The van der Waals surface area contributed by atoms with Crippen LogP contribution in [0.25, 0.3) is 0 Å². The Balaban J connectivity index is 3.03. The van der Waals surface area contributed by atoms with Crippen LogP contribution in [0.1, 0.15) is 10.4 Å². The van der Waals surface area contributed by atoms with Crippen molar-refractivity contribution in [2.24, 2.45) is 0 Å². The zero-order valence-electron chi connectivity index (χ0n) is 10.9. The highest BCUT2D eigenvalue weighted by Gasteiger charge is 2.09. The molecule has 98 valence electrons. The first-order chi connectivity index (χ1) is 8.65. The van der Waals surface area contributed by atoms with Crippen LogP contribution in [0.2, 0.25) is 0 Å². The predicted molar refractivity (Wildman–Crippen MR) is 79.0 cm³/mol. The first-order valence-corrected chi connectivity index (χ1v) is 7.67. The van der Waals surface area contributed by atoms with Gasteiger partial charge in [-0.25, -0.2) is 0 Å². The Morgan fingerprint density at radius 2 is 1.72 bits per heavy atom. The molecule has 0 atom stereocenters. The molecule has 0 spiro atoms. The minimum absolute atomic E-state index is 0.0327. The summed E-state index contributed by atoms with van der Waals surface area (Å²) in [4.78, 5) is 12.0. The molecule has 1 rings (SSSR count). The van der Waals surface area contributed by atoms with Crippen molar-refractivity contribution in [3.8, 4) is 11.5 Å². The van der Waals surface area contributed by atoms with Crippen LogP contribution in [-0.2, 0) is 0 Å². The highest BCUT2D eigenvalue weighted by Crippen LogP contribution is 2.29. The van der Waals surface area contributed by atoms with Gasteiger partial charge in [0.2, 0.25) is 0 Å². The van der Waals surface area contributed by atoms with E-state index in [9.17, 15) is 4.79 Å². The summed E-state index contributed by atoms with van der Waals surface area (Å²) in [6, 6.07) is 5.16. The van der Waals surface area contributed by atoms with Gasteiger partial charge in [0.05, 0.1) is 14.2 Å². The number of ketones is 1. The van der Waals surface area contributed by atoms with E-state index >= 15 is 0 Å². The smallest absolute Gasteiger partial charge is 0.187 e. The van der Waals surface area contributed by atoms with Crippen LogP contribution in [-0.4, -0.2) is 32.5 Å². The Kier molecular flexibility index (Phi) is 6.15. The SMILES string of the molecule is COc1ccc(C(=O)C=C(SC)SC)cc1OC. The number of ether oxygens (including phenoxy) is 2. The molecule has 0 heterocycles. The topological polar surface area (TPSA) is 35.5 Å². The molecule has 0 fully saturated rings. The largest absolute Gasteiger partial charge is 0.493 e. The van der Waals surface area contributed by atoms with E-state index in [0.29, 0.717) is 17.1 Å². The third-order valence-electron chi connectivity index (χ3n) is 2.32. The fourth-order valence-corrected chi connectivity index (χ4v) is 2.50. The molecule has 0 aliphatic heterocycles. The monoisotopic (exact) mass is 284 g/mol. The van der Waals surface area contributed by atoms with Crippen LogP contribution < -0.4 is 9.47 Å². The third-order valence-corrected chi connectivity index (χ3v) is 4.36. The molecule has 1 aromatic carbocycles. The maximum Gasteiger partial charge on any atom is 0.187 e. The van der Waals surface area contributed by atoms with Crippen molar-refractivity contribution < 1.29 is 14.3 Å². The number of methoxy groups -OCH3 is 2. The van der Waals surface area contributed by atoms with E-state index in [1.165, 1.54) is 0 Å². The lowest BCUT2D eigenvalue weighted by Crippen LogP contribution is -1.98. The van der Waals surface area contributed by atoms with Crippen molar-refractivity contribution in [1.82, 2.24) is 0 Å². The molecule has 3 nitrogen and oxygen atoms in total. The van der Waals surface area contributed by atoms with Gasteiger partial charge in [-0.1, -0.05) is 0 Å². The number of allylic oxidation sites excluding steroid dienone is 1. The molecule has 0 aliphatic rings. The van der Waals surface area contributed by atoms with Crippen LogP contribution in [0.15, 0.2) is 28.5 Å². The minimum Gasteiger partial charge on any atom is -0.493 e. The van der Waals surface area contributed by atoms with E-state index in [1.54, 1.807) is 62.0 Å². The average Bonchev–Trinajstić information content (AvgIpc) is 2.43. The van der Waals surface area contributed by atoms with E-state index in [4.69, 9.17) is 9.47 Å². The minimum atomic E-state index is -0.0327. The first kappa shape index (κ1) is 15.0. The number of hydrogen-bond donors (Lipinski definition) is 0. The Morgan fingerprint density at radius 3 is 2.22 bits per heavy atom. The molecule has 0 radical (unpaired) electrons. The summed E-state index contributed by atoms with van der Waals surface area (Å²) in [6.45, 7) is 0. The summed E-state index contributed by atoms with van der Waals surface area (Å²) in [5.74, 6) is 1.15. The Hall–Kier alpha value is -1.07. The van der Waals surface area contributed by atoms with Gasteiger partial charge >= 0.3 is 0 Å². The Labute approximate surface area is 116 Å². The maximum absolute atomic E-state index is 12.0. The van der Waals surface area contributed by atoms with Crippen LogP contribution in [0.3, 0.4) is 0 Å². The number of thioether (sulfide) groups is 2. The molecule has 0 aromatic heterocycles. The van der Waals surface area contributed by atoms with E-state index in [1.807, 2.05) is 12.5 Å². The number of carbonyl (C=O) groups is 1. The molecule has 0 unspecified atom stereocenters. The molecule has 0 aliphatic carbocycles. The highest BCUT2D eigenvalue weighted by molar-refractivity contribution is 8.21. The quantitative estimate of drug-likeness (QED) is 0.590. The van der Waals surface area contributed by atoms with E-state index in [0.717, 1.165) is 4.24 Å². The molecule has 5 heteroatoms. The molecule has 0 bridgehead atoms. The van der Waals surface area contributed by atoms with E-state index in [2.05, 4.69) is 0 Å². The van der Waals surface area contributed by atoms with Crippen molar-refractivity contribution in [1.29, 1.82) is 0 Å². The Bertz CT molecular complexity index is 450. The van der Waals surface area contributed by atoms with Gasteiger partial charge in [0.25, 0.3) is 0 Å². The molecule has 0 amide bonds. The summed E-state index contributed by atoms with van der Waals surface area (Å²) in [5.41, 5.74) is 0.591. The number of rotatable bonds is 6. The summed E-state index contributed by atoms with van der Waals surface area (Å²) >= 11 is 3.12. The zero-order valence-corrected chi connectivity index (χ0v) is 12.5. The Morgan fingerprint density at radius 1 is 1.11 bits per heavy atom. The standard InChI is InChI=1S/C13H16O3S2/c1-15-11-6-5-9(7-12(11)16-2)10(14)8-13(17-3)18-4/h5-8H,1-4H3. The molecule has 0 N–H and O–H groups in total. The second-order valence-electron chi connectivity index (χ2n) is 3.31. The highest BCUT2D eigenvalue weighted by atomic mass is 32.2. The summed E-state index contributed by atoms with van der Waals surface area (Å²) in [6.07, 6.45) is 5.53. The number of benzene rings is 1. The van der Waals surface area contributed by atoms with Crippen molar-refractivity contribution >= 4 is 29.3 Å². The molecule has 18 heavy (non-hydrogen) atoms. The normalized spacial score (nSPS) is 9.78. The number of hydrogen-bond acceptors (Lipinski definition) is 5. The van der Waals surface area contributed by atoms with Crippen molar-refractivity contribution in [3.63, 3.8) is 0 Å². The van der Waals surface area contributed by atoms with Gasteiger partial charge in [-0.15, -0.1) is 23.5 Å². The molecule has 1 aromatic rings. The van der Waals surface area contributed by atoms with Crippen LogP contribution in [0.4, 0.5) is 0 Å². The molecule has 0 saturated carbocycles. The molecular weight excluding hydrogens is 268 g/mol. The average molecular weight is 284 g/mol. The second-order valence-corrected chi connectivity index (χ2v) is 5.26. The van der Waals surface area contributed by atoms with Crippen LogP contribution >= 0.6 is 23.5 Å². The molecule has 0 saturated heterocycles. The second kappa shape index (κ2) is 7.38. The predicted octanol–water partition coefficient (Wildman–Crippen LogP) is 3.45. The lowest BCUT2D eigenvalue weighted by atomic mass is 10.1. The fraction of sp³-hybridized carbons (Fsp3) is 0.308. The van der Waals surface area contributed by atoms with Crippen LogP contribution in [0.5, 0.6) is 11.5 Å². The lowest BCUT2D eigenvalue weighted by Gasteiger charge is -2.08. The van der Waals surface area contributed by atoms with Crippen LogP contribution in [0, 0.1) is 0 Å². The molecular formula is C13H16O3S2. The van der Waals surface area contributed by atoms with Crippen molar-refractivity contribution in [2.45, 2.75) is 0 Å². The van der Waals surface area contributed by atoms with Crippen molar-refractivity contribution in [2.75, 3.05) is 26.7 Å². The first-order valence-electron chi connectivity index (χ1n) is 5.22. The summed E-state index contributed by atoms with van der Waals surface area (Å²) in [5, 5.41) is 0. The van der Waals surface area contributed by atoms with E-state index in [-0.39, 0.29) is 5.78 Å². The zero-order chi connectivity index (χ0) is 13.5. The third kappa shape index (κ3) is 3.71. The summed E-state index contributed by atoms with van der Waals surface area (Å²) < 4.78 is 11.3. The van der Waals surface area contributed by atoms with Gasteiger partial charge < -0.3 is 9.47 Å². The van der Waals surface area contributed by atoms with E-state index < -0.39 is 0 Å². The van der Waals surface area contributed by atoms with Crippen molar-refractivity contribution in [3.05, 3.63) is 34.1 Å². The lowest BCUT2D eigenvalue weighted by molar-refractivity contribution is 0.104. The van der Waals surface area contributed by atoms with Gasteiger partial charge in [0.1, 0.15) is 0 Å². The van der Waals surface area contributed by atoms with Gasteiger partial charge in [-0.3, -0.25) is 4.79 Å². The number of carbonyl (C=O) groups excluding carboxylic acids is 1. The fourth-order valence-electron chi connectivity index (χ4n) is 1.38. The maximum atomic E-state index is 12.0. The summed E-state index contributed by atoms with van der Waals surface area (Å²) in [7, 11) is 3.12. The van der Waals surface area contributed by atoms with Gasteiger partial charge in [0, 0.05) is 15.9 Å². The van der Waals surface area contributed by atoms with Gasteiger partial charge in [-0.2, -0.15) is 0 Å². The van der Waals surface area contributed by atoms with Gasteiger partial charge in [-0.05, 0) is 30.7 Å².